The largest absolute Gasteiger partial charge is 0.501 e. The molecule has 8 unspecified atom stereocenters. The first kappa shape index (κ1) is 97.0. The van der Waals surface area contributed by atoms with Crippen molar-refractivity contribution in [2.75, 3.05) is 38.5 Å². The summed E-state index contributed by atoms with van der Waals surface area (Å²) in [6, 6.07) is 12.4. The van der Waals surface area contributed by atoms with E-state index in [1.165, 1.54) is 0 Å². The fraction of sp³-hybridized carbons (Fsp3) is 0.860. The van der Waals surface area contributed by atoms with Crippen LogP contribution in [0.4, 0.5) is 0 Å². The lowest BCUT2D eigenvalue weighted by molar-refractivity contribution is -0.266. The van der Waals surface area contributed by atoms with E-state index in [-0.39, 0.29) is 122 Å². The zero-order valence-electron chi connectivity index (χ0n) is 74.6. The van der Waals surface area contributed by atoms with Crippen LogP contribution in [0.5, 0.6) is 0 Å². The van der Waals surface area contributed by atoms with Crippen LogP contribution in [0.25, 0.3) is 0 Å². The predicted octanol–water partition coefficient (Wildman–Crippen LogP) is 22.3. The first-order chi connectivity index (χ1) is 50.2. The summed E-state index contributed by atoms with van der Waals surface area (Å²) in [7, 11) is -10.8. The smallest absolute Gasteiger partial charge is 0.338 e. The van der Waals surface area contributed by atoms with Gasteiger partial charge in [-0.3, -0.25) is 4.79 Å². The number of hydrogen-bond acceptors (Lipinski definition) is 16. The standard InChI is InChI=1S/C86H159IO16Si6/c1-33-109(34-2,35-3)93-52-50-70-69(75(91-22)73(97-70)56-68(100-105(25,26)82(9,10)11)58-94-104(23,24)81(6,7)8)55-64(88)54-65-44-47-71-76(96-65)78(102-107(29,30)84(15,16)17)79(103-108(31,32)85(18,19)20)77(98-71)72(101-106(27,28)83(12,13)14)46-42-62(49-51-92-80(89)63-39-37-36-38-40-63)41-43-67-57-86(59-87)74(95-67)48-45-66(99-86)53-60(4)61(5)90-21/h36-40,42,46,60,62,65-79H,5,33-35,41,43-45,47-59H2,1-4,6-32H3/b46-42+/t60-,62?,65?,66?,67?,68?,69?,70+,71+,72+,73-,74+,75-,76+,77+,78?,79?,86-/m1/s1. The van der Waals surface area contributed by atoms with Gasteiger partial charge < -0.3 is 64.5 Å². The second-order valence-electron chi connectivity index (χ2n) is 41.0. The van der Waals surface area contributed by atoms with Crippen LogP contribution in [-0.2, 0) is 69.2 Å². The van der Waals surface area contributed by atoms with Crippen molar-refractivity contribution in [3.63, 3.8) is 0 Å². The third kappa shape index (κ3) is 25.6. The number of allylic oxidation sites excluding steroid dienone is 2. The molecule has 0 spiro atoms. The van der Waals surface area contributed by atoms with Gasteiger partial charge in [0, 0.05) is 55.7 Å². The molecule has 109 heavy (non-hydrogen) atoms. The van der Waals surface area contributed by atoms with Crippen LogP contribution in [0.2, 0.25) is 109 Å². The molecule has 18 atom stereocenters. The van der Waals surface area contributed by atoms with Crippen molar-refractivity contribution in [1.29, 1.82) is 0 Å². The van der Waals surface area contributed by atoms with Crippen LogP contribution in [0.15, 0.2) is 54.8 Å². The highest BCUT2D eigenvalue weighted by molar-refractivity contribution is 14.1. The fourth-order valence-electron chi connectivity index (χ4n) is 15.2. The zero-order valence-corrected chi connectivity index (χ0v) is 82.8. The van der Waals surface area contributed by atoms with E-state index in [0.29, 0.717) is 50.9 Å². The molecule has 0 radical (unpaired) electrons. The number of benzene rings is 1. The molecular formula is C86H159IO16Si6. The number of carbonyl (C=O) groups excluding carboxylic acids is 2. The zero-order chi connectivity index (χ0) is 82.1. The summed E-state index contributed by atoms with van der Waals surface area (Å²) in [6.45, 7) is 72.1. The molecule has 5 heterocycles. The second-order valence-corrected chi connectivity index (χ2v) is 70.3. The number of carbonyl (C=O) groups is 2. The lowest BCUT2D eigenvalue weighted by Crippen LogP contribution is -2.69. The first-order valence-corrected chi connectivity index (χ1v) is 60.8. The summed E-state index contributed by atoms with van der Waals surface area (Å²) < 4.78 is 101. The Labute approximate surface area is 684 Å². The van der Waals surface area contributed by atoms with Gasteiger partial charge in [0.1, 0.15) is 35.8 Å². The molecule has 0 saturated carbocycles. The van der Waals surface area contributed by atoms with Gasteiger partial charge >= 0.3 is 5.97 Å². The van der Waals surface area contributed by atoms with Crippen LogP contribution < -0.4 is 0 Å². The van der Waals surface area contributed by atoms with Gasteiger partial charge in [0.15, 0.2) is 49.9 Å². The van der Waals surface area contributed by atoms with Crippen LogP contribution in [0.3, 0.4) is 0 Å². The van der Waals surface area contributed by atoms with Gasteiger partial charge in [0.25, 0.3) is 0 Å². The molecule has 5 aliphatic heterocycles. The quantitative estimate of drug-likeness (QED) is 0.0152. The van der Waals surface area contributed by atoms with Crippen LogP contribution in [-0.4, -0.2) is 191 Å². The molecule has 0 amide bonds. The SMILES string of the molecule is C=C(OC)[C@H](C)CC1CC[C@@H]2OC(CCC(/C=C/[C@H](O[Si](C)(C)C(C)(C)C)[C@@H]3O[C@H]4CCC(CC(=O)CC5[C@H](CCO[Si](CC)(CC)CC)O[C@H](CC(CO[Si](C)(C)C(C)(C)C)O[Si](C)(C)C(C)(C)C)[C@@H]5OC)O[C@@H]4C(O[Si](C)(C)C(C)(C)C)C3O[Si](C)(C)C(C)(C)C)CCOC(=O)c3ccccc3)C[C@]2(CI)O1. The first-order valence-electron chi connectivity index (χ1n) is 42.2. The molecule has 0 bridgehead atoms. The maximum absolute atomic E-state index is 15.5. The van der Waals surface area contributed by atoms with Gasteiger partial charge in [-0.05, 0) is 185 Å². The number of methoxy groups -OCH3 is 2. The summed E-state index contributed by atoms with van der Waals surface area (Å²) in [5.41, 5.74) is 0.152. The van der Waals surface area contributed by atoms with E-state index in [9.17, 15) is 4.79 Å². The normalized spacial score (nSPS) is 28.5. The fourth-order valence-corrected chi connectivity index (χ4v) is 25.1. The molecule has 1 aromatic rings. The van der Waals surface area contributed by atoms with Gasteiger partial charge in [0.2, 0.25) is 0 Å². The Bertz CT molecular complexity index is 3010. The highest BCUT2D eigenvalue weighted by atomic mass is 127. The van der Waals surface area contributed by atoms with E-state index in [0.717, 1.165) is 66.8 Å². The van der Waals surface area contributed by atoms with Crippen molar-refractivity contribution < 1.29 is 74.0 Å². The van der Waals surface area contributed by atoms with Crippen molar-refractivity contribution in [1.82, 2.24) is 0 Å². The van der Waals surface area contributed by atoms with E-state index in [1.807, 2.05) is 18.2 Å². The lowest BCUT2D eigenvalue weighted by Gasteiger charge is -2.56. The molecular weight excluding hydrogens is 1580 g/mol. The number of Topliss-reactive ketones (excluding diaryl/α,β-unsaturated/α-hetero) is 1. The van der Waals surface area contributed by atoms with Gasteiger partial charge in [-0.25, -0.2) is 4.79 Å². The maximum Gasteiger partial charge on any atom is 0.338 e. The number of fused-ring (bicyclic) bond motifs is 2. The summed E-state index contributed by atoms with van der Waals surface area (Å²) in [6.07, 6.45) is 8.57. The Balaban J connectivity index is 1.38. The molecule has 5 saturated heterocycles. The van der Waals surface area contributed by atoms with E-state index >= 15 is 4.79 Å². The number of halogens is 1. The molecule has 0 aliphatic carbocycles. The number of hydrogen-bond donors (Lipinski definition) is 0. The Morgan fingerprint density at radius 2 is 1.17 bits per heavy atom. The van der Waals surface area contributed by atoms with E-state index < -0.39 is 92.6 Å². The summed E-state index contributed by atoms with van der Waals surface area (Å²) in [5.74, 6) is 0.503. The summed E-state index contributed by atoms with van der Waals surface area (Å²) >= 11 is 2.51. The van der Waals surface area contributed by atoms with Gasteiger partial charge in [0.05, 0.1) is 92.7 Å². The molecule has 1 aromatic carbocycles. The number of esters is 1. The summed E-state index contributed by atoms with van der Waals surface area (Å²) in [4.78, 5) is 29.1. The van der Waals surface area contributed by atoms with Crippen molar-refractivity contribution in [2.45, 2.75) is 415 Å². The molecule has 5 fully saturated rings. The highest BCUT2D eigenvalue weighted by Crippen LogP contribution is 2.51. The Morgan fingerprint density at radius 1 is 0.606 bits per heavy atom. The third-order valence-electron chi connectivity index (χ3n) is 28.1. The molecule has 5 aliphatic rings. The monoisotopic (exact) mass is 1740 g/mol. The van der Waals surface area contributed by atoms with Crippen LogP contribution in [0.1, 0.15) is 225 Å². The topological polar surface area (TPSA) is 163 Å². The number of alkyl halides is 1. The van der Waals surface area contributed by atoms with E-state index in [2.05, 4.69) is 238 Å². The Morgan fingerprint density at radius 3 is 1.72 bits per heavy atom. The van der Waals surface area contributed by atoms with Gasteiger partial charge in [-0.2, -0.15) is 0 Å². The average Bonchev–Trinajstić information content (AvgIpc) is 1.72. The average molecular weight is 1740 g/mol. The minimum Gasteiger partial charge on any atom is -0.501 e. The number of ketones is 1. The second kappa shape index (κ2) is 39.4. The number of rotatable bonds is 40. The number of ether oxygens (including phenoxy) is 8. The van der Waals surface area contributed by atoms with Crippen molar-refractivity contribution in [2.24, 2.45) is 17.8 Å². The van der Waals surface area contributed by atoms with Crippen LogP contribution >= 0.6 is 22.6 Å². The van der Waals surface area contributed by atoms with Crippen molar-refractivity contribution >= 4 is 84.2 Å². The minimum atomic E-state index is -2.68. The molecule has 630 valence electrons. The lowest BCUT2D eigenvalue weighted by atomic mass is 9.84. The highest BCUT2D eigenvalue weighted by Gasteiger charge is 2.59. The van der Waals surface area contributed by atoms with Crippen molar-refractivity contribution in [3.8, 4) is 0 Å². The predicted molar refractivity (Wildman–Crippen MR) is 470 cm³/mol. The molecule has 16 nitrogen and oxygen atoms in total. The molecule has 0 aromatic heterocycles. The van der Waals surface area contributed by atoms with Gasteiger partial charge in [-0.1, -0.05) is 191 Å². The van der Waals surface area contributed by atoms with Crippen LogP contribution in [0, 0.1) is 17.8 Å². The molecule has 0 N–H and O–H groups in total. The summed E-state index contributed by atoms with van der Waals surface area (Å²) in [5, 5.41) is -0.535. The Kier molecular flexibility index (Phi) is 35.1. The Hall–Kier alpha value is -0.809. The third-order valence-corrected chi connectivity index (χ3v) is 56.5. The minimum absolute atomic E-state index is 0.0108. The van der Waals surface area contributed by atoms with Crippen molar-refractivity contribution in [3.05, 3.63) is 60.4 Å². The van der Waals surface area contributed by atoms with Gasteiger partial charge in [-0.15, -0.1) is 0 Å². The van der Waals surface area contributed by atoms with E-state index in [4.69, 9.17) is 64.5 Å². The van der Waals surface area contributed by atoms with E-state index in [1.54, 1.807) is 26.4 Å². The molecule has 23 heteroatoms. The maximum atomic E-state index is 15.5. The molecule has 6 rings (SSSR count).